The monoisotopic (exact) mass is 267 g/mol. The quantitative estimate of drug-likeness (QED) is 0.527. The first kappa shape index (κ1) is 11.7. The van der Waals surface area contributed by atoms with Crippen LogP contribution in [0, 0.1) is 0 Å². The van der Waals surface area contributed by atoms with Crippen molar-refractivity contribution in [3.63, 3.8) is 0 Å². The fourth-order valence-corrected chi connectivity index (χ4v) is 1.93. The summed E-state index contributed by atoms with van der Waals surface area (Å²) in [7, 11) is 0. The molecule has 0 aromatic heterocycles. The molecule has 11 heavy (non-hydrogen) atoms. The van der Waals surface area contributed by atoms with Crippen LogP contribution in [0.1, 0.15) is 20.8 Å². The second-order valence-electron chi connectivity index (χ2n) is 1.86. The van der Waals surface area contributed by atoms with E-state index in [1.807, 2.05) is 20.8 Å². The maximum atomic E-state index is 5.31. The van der Waals surface area contributed by atoms with E-state index in [-0.39, 0.29) is 0 Å². The van der Waals surface area contributed by atoms with E-state index in [2.05, 4.69) is 0 Å². The molecule has 0 aromatic carbocycles. The average Bonchev–Trinajstić information content (AvgIpc) is 1.88. The van der Waals surface area contributed by atoms with E-state index in [1.54, 1.807) is 0 Å². The molecular weight excluding hydrogens is 251 g/mol. The van der Waals surface area contributed by atoms with Crippen molar-refractivity contribution in [2.75, 3.05) is 19.8 Å². The maximum absolute atomic E-state index is 5.31. The third-order valence-electron chi connectivity index (χ3n) is 1.00. The molecule has 0 heterocycles. The van der Waals surface area contributed by atoms with Crippen LogP contribution in [-0.2, 0) is 14.2 Å². The van der Waals surface area contributed by atoms with Crippen LogP contribution in [0.15, 0.2) is 0 Å². The predicted octanol–water partition coefficient (Wildman–Crippen LogP) is 0.876. The van der Waals surface area contributed by atoms with Crippen LogP contribution in [0.25, 0.3) is 0 Å². The molecule has 0 N–H and O–H groups in total. The van der Waals surface area contributed by atoms with Gasteiger partial charge in [0.15, 0.2) is 0 Å². The number of hydrogen-bond acceptors (Lipinski definition) is 3. The van der Waals surface area contributed by atoms with E-state index in [0.29, 0.717) is 19.8 Å². The van der Waals surface area contributed by atoms with Crippen LogP contribution in [0.5, 0.6) is 0 Å². The van der Waals surface area contributed by atoms with Crippen LogP contribution in [-0.4, -0.2) is 46.3 Å². The van der Waals surface area contributed by atoms with Gasteiger partial charge in [-0.1, -0.05) is 0 Å². The van der Waals surface area contributed by atoms with Gasteiger partial charge in [0, 0.05) is 0 Å². The molecule has 0 saturated carbocycles. The van der Waals surface area contributed by atoms with E-state index in [1.165, 1.54) is 0 Å². The Morgan fingerprint density at radius 3 is 1.36 bits per heavy atom. The van der Waals surface area contributed by atoms with Gasteiger partial charge in [0.1, 0.15) is 0 Å². The van der Waals surface area contributed by atoms with Crippen molar-refractivity contribution in [1.82, 2.24) is 0 Å². The van der Waals surface area contributed by atoms with Gasteiger partial charge < -0.3 is 0 Å². The molecule has 0 atom stereocenters. The molecule has 65 valence electrons. The second-order valence-corrected chi connectivity index (χ2v) is 3.60. The molecule has 3 nitrogen and oxygen atoms in total. The zero-order valence-corrected chi connectivity index (χ0v) is 10.2. The van der Waals surface area contributed by atoms with E-state index in [4.69, 9.17) is 14.2 Å². The molecule has 0 amide bonds. The van der Waals surface area contributed by atoms with E-state index in [0.717, 1.165) is 22.5 Å². The molecule has 0 bridgehead atoms. The molecule has 0 spiro atoms. The summed E-state index contributed by atoms with van der Waals surface area (Å²) in [6.07, 6.45) is 0. The van der Waals surface area contributed by atoms with Crippen molar-refractivity contribution in [1.29, 1.82) is 0 Å². The van der Waals surface area contributed by atoms with Crippen LogP contribution in [0.3, 0.4) is 0 Å². The second kappa shape index (κ2) is 6.22. The van der Waals surface area contributed by atoms with Gasteiger partial charge in [0.2, 0.25) is 0 Å². The van der Waals surface area contributed by atoms with Gasteiger partial charge in [-0.25, -0.2) is 0 Å². The third kappa shape index (κ3) is 5.00. The molecule has 4 heteroatoms. The predicted molar refractivity (Wildman–Crippen MR) is 43.4 cm³/mol. The summed E-state index contributed by atoms with van der Waals surface area (Å²) >= 11 is 1.10. The molecule has 0 fully saturated rings. The van der Waals surface area contributed by atoms with Crippen LogP contribution in [0.2, 0.25) is 0 Å². The van der Waals surface area contributed by atoms with Gasteiger partial charge in [-0.15, -0.1) is 0 Å². The van der Waals surface area contributed by atoms with Crippen LogP contribution < -0.4 is 0 Å². The summed E-state index contributed by atoms with van der Waals surface area (Å²) in [4.78, 5) is 0. The molecule has 0 unspecified atom stereocenters. The molecule has 0 rings (SSSR count). The molecule has 0 saturated heterocycles. The minimum atomic E-state index is -0.759. The van der Waals surface area contributed by atoms with Gasteiger partial charge >= 0.3 is 81.3 Å². The number of hydrogen-bond donors (Lipinski definition) is 0. The Balaban J connectivity index is 3.79. The first-order chi connectivity index (χ1) is 5.18. The first-order valence-electron chi connectivity index (χ1n) is 3.85. The van der Waals surface area contributed by atoms with E-state index < -0.39 is 3.99 Å². The topological polar surface area (TPSA) is 27.7 Å². The van der Waals surface area contributed by atoms with Crippen LogP contribution in [0.4, 0.5) is 0 Å². The van der Waals surface area contributed by atoms with Gasteiger partial charge in [-0.05, 0) is 0 Å². The molecule has 3 radical (unpaired) electrons. The molecular formula is C7H15O3Sn. The van der Waals surface area contributed by atoms with Crippen molar-refractivity contribution in [2.24, 2.45) is 0 Å². The van der Waals surface area contributed by atoms with E-state index >= 15 is 0 Å². The van der Waals surface area contributed by atoms with E-state index in [9.17, 15) is 0 Å². The Labute approximate surface area is 81.5 Å². The number of ether oxygens (including phenoxy) is 3. The fraction of sp³-hybridized carbons (Fsp3) is 1.00. The fourth-order valence-electron chi connectivity index (χ4n) is 0.695. The van der Waals surface area contributed by atoms with Crippen molar-refractivity contribution in [3.05, 3.63) is 0 Å². The summed E-state index contributed by atoms with van der Waals surface area (Å²) in [6.45, 7) is 7.63. The van der Waals surface area contributed by atoms with Gasteiger partial charge in [-0.2, -0.15) is 0 Å². The van der Waals surface area contributed by atoms with Crippen molar-refractivity contribution >= 4 is 22.5 Å². The summed E-state index contributed by atoms with van der Waals surface area (Å²) in [5.74, 6) is 0. The minimum absolute atomic E-state index is 0.616. The van der Waals surface area contributed by atoms with Crippen molar-refractivity contribution < 1.29 is 14.2 Å². The standard InChI is InChI=1S/C7H15O3.Sn/c1-4-8-7(9-5-2)10-6-3;/h4-6H2,1-3H3;. The van der Waals surface area contributed by atoms with Gasteiger partial charge in [0.05, 0.1) is 0 Å². The molecule has 0 aliphatic carbocycles. The number of rotatable bonds is 6. The molecule has 0 aromatic rings. The molecule has 0 aliphatic heterocycles. The molecule has 0 aliphatic rings. The van der Waals surface area contributed by atoms with Gasteiger partial charge in [-0.3, -0.25) is 0 Å². The van der Waals surface area contributed by atoms with Gasteiger partial charge in [0.25, 0.3) is 0 Å². The van der Waals surface area contributed by atoms with Crippen molar-refractivity contribution in [2.45, 2.75) is 24.8 Å². The Morgan fingerprint density at radius 1 is 0.909 bits per heavy atom. The Bertz CT molecular complexity index is 80.7. The summed E-state index contributed by atoms with van der Waals surface area (Å²) in [5.41, 5.74) is 0. The zero-order chi connectivity index (χ0) is 8.74. The third-order valence-corrected chi connectivity index (χ3v) is 2.24. The Morgan fingerprint density at radius 2 is 1.18 bits per heavy atom. The summed E-state index contributed by atoms with van der Waals surface area (Å²) in [6, 6.07) is 0. The SMILES string of the molecule is CCO[C]([Sn])(OCC)OCC. The Kier molecular flexibility index (Phi) is 6.61. The summed E-state index contributed by atoms with van der Waals surface area (Å²) in [5, 5.41) is 0. The Hall–Kier alpha value is 0.679. The summed E-state index contributed by atoms with van der Waals surface area (Å²) < 4.78 is 15.2. The van der Waals surface area contributed by atoms with Crippen molar-refractivity contribution in [3.8, 4) is 0 Å². The first-order valence-corrected chi connectivity index (χ1v) is 5.28. The van der Waals surface area contributed by atoms with Crippen LogP contribution >= 0.6 is 0 Å². The normalized spacial score (nSPS) is 12.0. The average molecular weight is 266 g/mol. The zero-order valence-electron chi connectivity index (χ0n) is 7.35.